The first kappa shape index (κ1) is 13.4. The molecule has 7 nitrogen and oxygen atoms in total. The maximum Gasteiger partial charge on any atom is 0.317 e. The minimum atomic E-state index is -0.860. The first-order valence-electron chi connectivity index (χ1n) is 6.17. The number of piperidine rings is 1. The van der Waals surface area contributed by atoms with Gasteiger partial charge >= 0.3 is 12.0 Å². The van der Waals surface area contributed by atoms with Crippen molar-refractivity contribution in [2.75, 3.05) is 13.1 Å². The maximum absolute atomic E-state index is 12.0. The second-order valence-electron chi connectivity index (χ2n) is 5.04. The van der Waals surface area contributed by atoms with E-state index in [0.717, 1.165) is 0 Å². The summed E-state index contributed by atoms with van der Waals surface area (Å²) in [4.78, 5) is 24.7. The number of likely N-dealkylation sites (tertiary alicyclic amines) is 1. The van der Waals surface area contributed by atoms with Crippen LogP contribution in [0.1, 0.15) is 25.5 Å². The summed E-state index contributed by atoms with van der Waals surface area (Å²) in [6.45, 7) is 2.75. The Morgan fingerprint density at radius 1 is 1.63 bits per heavy atom. The van der Waals surface area contributed by atoms with Gasteiger partial charge in [-0.25, -0.2) is 4.79 Å². The van der Waals surface area contributed by atoms with E-state index in [0.29, 0.717) is 25.1 Å². The molecule has 1 fully saturated rings. The molecule has 0 aliphatic carbocycles. The van der Waals surface area contributed by atoms with Crippen molar-refractivity contribution in [3.8, 4) is 0 Å². The third kappa shape index (κ3) is 3.04. The van der Waals surface area contributed by atoms with Crippen LogP contribution < -0.4 is 5.32 Å². The average molecular weight is 267 g/mol. The van der Waals surface area contributed by atoms with Crippen LogP contribution in [0.4, 0.5) is 4.79 Å². The number of carbonyl (C=O) groups excluding carboxylic acids is 1. The third-order valence-electron chi connectivity index (χ3n) is 3.41. The van der Waals surface area contributed by atoms with Crippen LogP contribution in [0.5, 0.6) is 0 Å². The highest BCUT2D eigenvalue weighted by Crippen LogP contribution is 2.29. The smallest absolute Gasteiger partial charge is 0.317 e. The molecule has 2 heterocycles. The Morgan fingerprint density at radius 2 is 2.42 bits per heavy atom. The molecule has 0 radical (unpaired) electrons. The number of hydrogen-bond donors (Lipinski definition) is 2. The van der Waals surface area contributed by atoms with Crippen molar-refractivity contribution in [2.45, 2.75) is 26.3 Å². The van der Waals surface area contributed by atoms with Crippen molar-refractivity contribution in [2.24, 2.45) is 5.41 Å². The lowest BCUT2D eigenvalue weighted by atomic mass is 9.82. The van der Waals surface area contributed by atoms with Crippen LogP contribution in [0.2, 0.25) is 0 Å². The summed E-state index contributed by atoms with van der Waals surface area (Å²) in [7, 11) is 0. The molecule has 0 bridgehead atoms. The van der Waals surface area contributed by atoms with E-state index in [-0.39, 0.29) is 19.1 Å². The number of aromatic nitrogens is 1. The fourth-order valence-corrected chi connectivity index (χ4v) is 2.19. The monoisotopic (exact) mass is 267 g/mol. The molecule has 0 saturated carbocycles. The molecule has 1 saturated heterocycles. The summed E-state index contributed by atoms with van der Waals surface area (Å²) in [5, 5.41) is 15.6. The minimum Gasteiger partial charge on any atom is -0.481 e. The van der Waals surface area contributed by atoms with Gasteiger partial charge < -0.3 is 19.8 Å². The van der Waals surface area contributed by atoms with Crippen molar-refractivity contribution in [3.05, 3.63) is 18.0 Å². The standard InChI is InChI=1S/C12H17N3O4/c1-12(10(16)17)4-2-5-15(8-12)11(18)13-7-9-3-6-19-14-9/h3,6H,2,4-5,7-8H2,1H3,(H,13,18)(H,16,17). The summed E-state index contributed by atoms with van der Waals surface area (Å²) in [6.07, 6.45) is 2.72. The summed E-state index contributed by atoms with van der Waals surface area (Å²) in [6, 6.07) is 1.40. The molecule has 19 heavy (non-hydrogen) atoms. The molecule has 0 aromatic carbocycles. The lowest BCUT2D eigenvalue weighted by Gasteiger charge is -2.37. The summed E-state index contributed by atoms with van der Waals surface area (Å²) in [5.41, 5.74) is -0.227. The Morgan fingerprint density at radius 3 is 3.05 bits per heavy atom. The number of amides is 2. The molecule has 104 valence electrons. The van der Waals surface area contributed by atoms with Gasteiger partial charge in [0, 0.05) is 19.2 Å². The predicted molar refractivity (Wildman–Crippen MR) is 65.3 cm³/mol. The number of urea groups is 1. The van der Waals surface area contributed by atoms with E-state index in [4.69, 9.17) is 0 Å². The maximum atomic E-state index is 12.0. The van der Waals surface area contributed by atoms with Crippen LogP contribution in [-0.4, -0.2) is 40.3 Å². The molecule has 1 aromatic heterocycles. The van der Waals surface area contributed by atoms with Crippen molar-refractivity contribution in [3.63, 3.8) is 0 Å². The van der Waals surface area contributed by atoms with Crippen molar-refractivity contribution in [1.82, 2.24) is 15.4 Å². The van der Waals surface area contributed by atoms with Crippen LogP contribution in [-0.2, 0) is 11.3 Å². The molecular formula is C12H17N3O4. The van der Waals surface area contributed by atoms with Gasteiger partial charge in [-0.15, -0.1) is 0 Å². The topological polar surface area (TPSA) is 95.7 Å². The van der Waals surface area contributed by atoms with Gasteiger partial charge in [0.05, 0.1) is 12.0 Å². The van der Waals surface area contributed by atoms with Crippen LogP contribution in [0.3, 0.4) is 0 Å². The number of carboxylic acid groups (broad SMARTS) is 1. The van der Waals surface area contributed by atoms with E-state index in [2.05, 4.69) is 15.0 Å². The van der Waals surface area contributed by atoms with Crippen LogP contribution >= 0.6 is 0 Å². The highest BCUT2D eigenvalue weighted by Gasteiger charge is 2.39. The largest absolute Gasteiger partial charge is 0.481 e. The molecule has 1 unspecified atom stereocenters. The van der Waals surface area contributed by atoms with Crippen LogP contribution in [0, 0.1) is 5.41 Å². The van der Waals surface area contributed by atoms with E-state index in [1.165, 1.54) is 11.2 Å². The Balaban J connectivity index is 1.90. The van der Waals surface area contributed by atoms with Gasteiger partial charge in [0.15, 0.2) is 0 Å². The van der Waals surface area contributed by atoms with Crippen molar-refractivity contribution >= 4 is 12.0 Å². The SMILES string of the molecule is CC1(C(=O)O)CCCN(C(=O)NCc2ccon2)C1. The minimum absolute atomic E-state index is 0.229. The first-order valence-corrected chi connectivity index (χ1v) is 6.17. The number of nitrogens with zero attached hydrogens (tertiary/aromatic N) is 2. The zero-order valence-corrected chi connectivity index (χ0v) is 10.8. The van der Waals surface area contributed by atoms with Gasteiger partial charge in [-0.2, -0.15) is 0 Å². The van der Waals surface area contributed by atoms with Gasteiger partial charge in [0.1, 0.15) is 12.0 Å². The molecule has 2 rings (SSSR count). The lowest BCUT2D eigenvalue weighted by Crippen LogP contribution is -2.51. The highest BCUT2D eigenvalue weighted by atomic mass is 16.5. The molecule has 0 spiro atoms. The zero-order chi connectivity index (χ0) is 13.9. The number of carbonyl (C=O) groups is 2. The van der Waals surface area contributed by atoms with E-state index >= 15 is 0 Å². The Kier molecular flexibility index (Phi) is 3.73. The number of rotatable bonds is 3. The Hall–Kier alpha value is -2.05. The van der Waals surface area contributed by atoms with E-state index < -0.39 is 11.4 Å². The number of hydrogen-bond acceptors (Lipinski definition) is 4. The van der Waals surface area contributed by atoms with Gasteiger partial charge in [0.2, 0.25) is 0 Å². The molecule has 1 aliphatic rings. The number of carboxylic acids is 1. The van der Waals surface area contributed by atoms with Crippen LogP contribution in [0.15, 0.2) is 16.9 Å². The van der Waals surface area contributed by atoms with Gasteiger partial charge in [-0.1, -0.05) is 5.16 Å². The molecule has 1 aliphatic heterocycles. The summed E-state index contributed by atoms with van der Waals surface area (Å²) in [5.74, 6) is -0.860. The fraction of sp³-hybridized carbons (Fsp3) is 0.583. The molecule has 1 atom stereocenters. The fourth-order valence-electron chi connectivity index (χ4n) is 2.19. The van der Waals surface area contributed by atoms with E-state index in [1.807, 2.05) is 0 Å². The summed E-state index contributed by atoms with van der Waals surface area (Å²) >= 11 is 0. The Bertz CT molecular complexity index is 460. The van der Waals surface area contributed by atoms with E-state index in [1.54, 1.807) is 13.0 Å². The number of nitrogens with one attached hydrogen (secondary N) is 1. The molecule has 2 N–H and O–H groups in total. The second-order valence-corrected chi connectivity index (χ2v) is 5.04. The second kappa shape index (κ2) is 5.29. The third-order valence-corrected chi connectivity index (χ3v) is 3.41. The highest BCUT2D eigenvalue weighted by molar-refractivity contribution is 5.78. The van der Waals surface area contributed by atoms with Gasteiger partial charge in [0.25, 0.3) is 0 Å². The molecule has 1 aromatic rings. The molecule has 7 heteroatoms. The zero-order valence-electron chi connectivity index (χ0n) is 10.8. The lowest BCUT2D eigenvalue weighted by molar-refractivity contribution is -0.150. The van der Waals surface area contributed by atoms with Crippen molar-refractivity contribution < 1.29 is 19.2 Å². The Labute approximate surface area is 110 Å². The van der Waals surface area contributed by atoms with Crippen LogP contribution in [0.25, 0.3) is 0 Å². The van der Waals surface area contributed by atoms with Gasteiger partial charge in [-0.05, 0) is 19.8 Å². The first-order chi connectivity index (χ1) is 9.01. The molecule has 2 amide bonds. The average Bonchev–Trinajstić information content (AvgIpc) is 2.89. The van der Waals surface area contributed by atoms with Gasteiger partial charge in [-0.3, -0.25) is 4.79 Å². The predicted octanol–water partition coefficient (Wildman–Crippen LogP) is 1.07. The van der Waals surface area contributed by atoms with Crippen molar-refractivity contribution in [1.29, 1.82) is 0 Å². The quantitative estimate of drug-likeness (QED) is 0.854. The van der Waals surface area contributed by atoms with E-state index in [9.17, 15) is 14.7 Å². The number of aliphatic carboxylic acids is 1. The molecular weight excluding hydrogens is 250 g/mol. The summed E-state index contributed by atoms with van der Waals surface area (Å²) < 4.78 is 4.66. The normalized spacial score (nSPS) is 23.1.